The van der Waals surface area contributed by atoms with Gasteiger partial charge in [-0.05, 0) is 24.3 Å². The quantitative estimate of drug-likeness (QED) is 0.697. The van der Waals surface area contributed by atoms with Gasteiger partial charge < -0.3 is 0 Å². The number of halogens is 2. The van der Waals surface area contributed by atoms with Crippen molar-refractivity contribution in [1.29, 1.82) is 0 Å². The molecule has 18 heavy (non-hydrogen) atoms. The zero-order chi connectivity index (χ0) is 12.8. The van der Waals surface area contributed by atoms with Crippen molar-refractivity contribution in [3.63, 3.8) is 0 Å². The highest BCUT2D eigenvalue weighted by Gasteiger charge is 1.94. The lowest BCUT2D eigenvalue weighted by atomic mass is 10.3. The van der Waals surface area contributed by atoms with Gasteiger partial charge in [-0.25, -0.2) is 0 Å². The number of para-hydroxylation sites is 2. The normalized spacial score (nSPS) is 11.4. The van der Waals surface area contributed by atoms with Crippen LogP contribution in [-0.2, 0) is 0 Å². The van der Waals surface area contributed by atoms with Crippen molar-refractivity contribution in [2.75, 3.05) is 0 Å². The van der Waals surface area contributed by atoms with Crippen LogP contribution in [0.25, 0.3) is 0 Å². The van der Waals surface area contributed by atoms with Crippen LogP contribution in [0.5, 0.6) is 0 Å². The Kier molecular flexibility index (Phi) is 4.51. The fraction of sp³-hybridized carbons (Fsp3) is 0. The SMILES string of the molecule is Clc1ccccc1N=CC=Nc1ccccc1Cl. The van der Waals surface area contributed by atoms with Crippen LogP contribution in [0.15, 0.2) is 58.5 Å². The smallest absolute Gasteiger partial charge is 0.0816 e. The van der Waals surface area contributed by atoms with E-state index in [0.717, 1.165) is 0 Å². The maximum absolute atomic E-state index is 5.97. The summed E-state index contributed by atoms with van der Waals surface area (Å²) in [7, 11) is 0. The highest BCUT2D eigenvalue weighted by Crippen LogP contribution is 2.24. The molecule has 2 rings (SSSR count). The summed E-state index contributed by atoms with van der Waals surface area (Å²) in [5.41, 5.74) is 1.43. The fourth-order valence-electron chi connectivity index (χ4n) is 1.34. The first-order valence-electron chi connectivity index (χ1n) is 5.33. The Morgan fingerprint density at radius 1 is 0.667 bits per heavy atom. The lowest BCUT2D eigenvalue weighted by molar-refractivity contribution is 1.53. The van der Waals surface area contributed by atoms with Crippen molar-refractivity contribution < 1.29 is 0 Å². The molecule has 90 valence electrons. The summed E-state index contributed by atoms with van der Waals surface area (Å²) in [6, 6.07) is 14.7. The number of aliphatic imine (C=N–C) groups is 2. The van der Waals surface area contributed by atoms with Gasteiger partial charge in [0.15, 0.2) is 0 Å². The molecule has 2 aromatic carbocycles. The van der Waals surface area contributed by atoms with Crippen molar-refractivity contribution in [1.82, 2.24) is 0 Å². The van der Waals surface area contributed by atoms with Crippen molar-refractivity contribution in [2.45, 2.75) is 0 Å². The average Bonchev–Trinajstić information content (AvgIpc) is 2.38. The number of hydrogen-bond donors (Lipinski definition) is 0. The van der Waals surface area contributed by atoms with Crippen LogP contribution in [0.3, 0.4) is 0 Å². The highest BCUT2D eigenvalue weighted by atomic mass is 35.5. The Morgan fingerprint density at radius 2 is 1.06 bits per heavy atom. The fourth-order valence-corrected chi connectivity index (χ4v) is 1.71. The number of rotatable bonds is 3. The molecular weight excluding hydrogens is 267 g/mol. The number of hydrogen-bond acceptors (Lipinski definition) is 2. The molecule has 0 N–H and O–H groups in total. The van der Waals surface area contributed by atoms with Gasteiger partial charge in [-0.15, -0.1) is 0 Å². The van der Waals surface area contributed by atoms with Crippen molar-refractivity contribution in [3.8, 4) is 0 Å². The molecule has 0 fully saturated rings. The second kappa shape index (κ2) is 6.34. The van der Waals surface area contributed by atoms with Gasteiger partial charge in [-0.2, -0.15) is 0 Å². The van der Waals surface area contributed by atoms with E-state index in [1.807, 2.05) is 36.4 Å². The van der Waals surface area contributed by atoms with E-state index >= 15 is 0 Å². The van der Waals surface area contributed by atoms with Crippen LogP contribution in [-0.4, -0.2) is 12.4 Å². The van der Waals surface area contributed by atoms with E-state index in [1.54, 1.807) is 24.6 Å². The predicted molar refractivity (Wildman–Crippen MR) is 79.2 cm³/mol. The summed E-state index contributed by atoms with van der Waals surface area (Å²) in [5.74, 6) is 0. The van der Waals surface area contributed by atoms with Crippen LogP contribution >= 0.6 is 23.2 Å². The van der Waals surface area contributed by atoms with Crippen molar-refractivity contribution in [2.24, 2.45) is 9.98 Å². The molecule has 0 unspecified atom stereocenters. The van der Waals surface area contributed by atoms with Crippen LogP contribution in [0.1, 0.15) is 0 Å². The van der Waals surface area contributed by atoms with Gasteiger partial charge in [0.05, 0.1) is 21.4 Å². The highest BCUT2D eigenvalue weighted by molar-refractivity contribution is 6.34. The molecule has 0 bridgehead atoms. The number of nitrogens with zero attached hydrogens (tertiary/aromatic N) is 2. The molecule has 4 heteroatoms. The van der Waals surface area contributed by atoms with E-state index in [1.165, 1.54) is 0 Å². The summed E-state index contributed by atoms with van der Waals surface area (Å²) < 4.78 is 0. The molecule has 0 saturated heterocycles. The van der Waals surface area contributed by atoms with Gasteiger partial charge in [0.2, 0.25) is 0 Å². The van der Waals surface area contributed by atoms with Crippen LogP contribution in [0.2, 0.25) is 10.0 Å². The Hall–Kier alpha value is -1.64. The van der Waals surface area contributed by atoms with Gasteiger partial charge in [0, 0.05) is 12.4 Å². The van der Waals surface area contributed by atoms with Gasteiger partial charge in [0.25, 0.3) is 0 Å². The molecule has 0 heterocycles. The van der Waals surface area contributed by atoms with Crippen molar-refractivity contribution >= 4 is 47.0 Å². The second-order valence-corrected chi connectivity index (χ2v) is 4.27. The molecular formula is C14H10Cl2N2. The van der Waals surface area contributed by atoms with Gasteiger partial charge in [-0.3, -0.25) is 9.98 Å². The third-order valence-electron chi connectivity index (χ3n) is 2.20. The molecule has 0 radical (unpaired) electrons. The molecule has 0 aromatic heterocycles. The standard InChI is InChI=1S/C14H10Cl2N2/c15-11-5-1-3-7-13(11)17-9-10-18-14-8-4-2-6-12(14)16/h1-10H. The summed E-state index contributed by atoms with van der Waals surface area (Å²) >= 11 is 11.9. The maximum Gasteiger partial charge on any atom is 0.0816 e. The third-order valence-corrected chi connectivity index (χ3v) is 2.84. The summed E-state index contributed by atoms with van der Waals surface area (Å²) in [5, 5.41) is 1.22. The third kappa shape index (κ3) is 3.42. The van der Waals surface area contributed by atoms with E-state index in [4.69, 9.17) is 23.2 Å². The summed E-state index contributed by atoms with van der Waals surface area (Å²) in [4.78, 5) is 8.40. The Bertz CT molecular complexity index is 538. The molecule has 0 aliphatic rings. The summed E-state index contributed by atoms with van der Waals surface area (Å²) in [6.45, 7) is 0. The molecule has 2 nitrogen and oxygen atoms in total. The van der Waals surface area contributed by atoms with E-state index in [9.17, 15) is 0 Å². The molecule has 0 atom stereocenters. The zero-order valence-electron chi connectivity index (χ0n) is 9.42. The molecule has 0 aliphatic carbocycles. The first-order valence-corrected chi connectivity index (χ1v) is 6.09. The first kappa shape index (κ1) is 12.8. The molecule has 0 saturated carbocycles. The van der Waals surface area contributed by atoms with Crippen LogP contribution in [0.4, 0.5) is 11.4 Å². The minimum atomic E-state index is 0.611. The summed E-state index contributed by atoms with van der Waals surface area (Å²) in [6.07, 6.45) is 3.18. The van der Waals surface area contributed by atoms with Crippen LogP contribution < -0.4 is 0 Å². The first-order chi connectivity index (χ1) is 8.77. The van der Waals surface area contributed by atoms with Gasteiger partial charge in [0.1, 0.15) is 0 Å². The van der Waals surface area contributed by atoms with Gasteiger partial charge in [-0.1, -0.05) is 47.5 Å². The largest absolute Gasteiger partial charge is 0.254 e. The minimum Gasteiger partial charge on any atom is -0.254 e. The monoisotopic (exact) mass is 276 g/mol. The topological polar surface area (TPSA) is 24.7 Å². The Morgan fingerprint density at radius 3 is 1.44 bits per heavy atom. The lowest BCUT2D eigenvalue weighted by Crippen LogP contribution is -1.76. The van der Waals surface area contributed by atoms with E-state index < -0.39 is 0 Å². The van der Waals surface area contributed by atoms with Gasteiger partial charge >= 0.3 is 0 Å². The molecule has 2 aromatic rings. The Labute approximate surface area is 116 Å². The van der Waals surface area contributed by atoms with E-state index in [-0.39, 0.29) is 0 Å². The number of benzene rings is 2. The Balaban J connectivity index is 2.08. The lowest BCUT2D eigenvalue weighted by Gasteiger charge is -1.95. The minimum absolute atomic E-state index is 0.611. The molecule has 0 amide bonds. The zero-order valence-corrected chi connectivity index (χ0v) is 10.9. The van der Waals surface area contributed by atoms with E-state index in [2.05, 4.69) is 9.98 Å². The molecule has 0 spiro atoms. The van der Waals surface area contributed by atoms with E-state index in [0.29, 0.717) is 21.4 Å². The predicted octanol–water partition coefficient (Wildman–Crippen LogP) is 5.10. The van der Waals surface area contributed by atoms with Crippen molar-refractivity contribution in [3.05, 3.63) is 58.6 Å². The molecule has 0 aliphatic heterocycles. The van der Waals surface area contributed by atoms with Crippen LogP contribution in [0, 0.1) is 0 Å². The maximum atomic E-state index is 5.97. The average molecular weight is 277 g/mol. The second-order valence-electron chi connectivity index (χ2n) is 3.46.